The van der Waals surface area contributed by atoms with Crippen LogP contribution in [0.4, 0.5) is 0 Å². The third-order valence-corrected chi connectivity index (χ3v) is 3.41. The maximum Gasteiger partial charge on any atom is 0.134 e. The molecule has 0 amide bonds. The van der Waals surface area contributed by atoms with E-state index < -0.39 is 0 Å². The highest BCUT2D eigenvalue weighted by atomic mass is 35.5. The summed E-state index contributed by atoms with van der Waals surface area (Å²) in [4.78, 5) is 4.12. The van der Waals surface area contributed by atoms with Gasteiger partial charge in [-0.25, -0.2) is 4.98 Å². The molecule has 0 saturated carbocycles. The van der Waals surface area contributed by atoms with Gasteiger partial charge >= 0.3 is 0 Å². The van der Waals surface area contributed by atoms with Gasteiger partial charge in [-0.3, -0.25) is 0 Å². The molecule has 2 rings (SSSR count). The Hall–Kier alpha value is -1.05. The molecular weight excluding hydrogens is 253 g/mol. The van der Waals surface area contributed by atoms with Gasteiger partial charge in [0.15, 0.2) is 0 Å². The number of hydrogen-bond donors (Lipinski definition) is 0. The molecule has 0 N–H and O–H groups in total. The van der Waals surface area contributed by atoms with E-state index in [1.807, 2.05) is 31.2 Å². The Kier molecular flexibility index (Phi) is 4.03. The Bertz CT molecular complexity index is 509. The van der Waals surface area contributed by atoms with Crippen molar-refractivity contribution >= 4 is 23.2 Å². The van der Waals surface area contributed by atoms with E-state index in [2.05, 4.69) is 17.1 Å². The smallest absolute Gasteiger partial charge is 0.134 e. The fraction of sp³-hybridized carbons (Fsp3) is 0.214. The summed E-state index contributed by atoms with van der Waals surface area (Å²) in [6, 6.07) is 12.4. The maximum absolute atomic E-state index is 6.07. The van der Waals surface area contributed by atoms with Crippen LogP contribution >= 0.6 is 23.2 Å². The van der Waals surface area contributed by atoms with Gasteiger partial charge < -0.3 is 0 Å². The zero-order valence-corrected chi connectivity index (χ0v) is 11.1. The van der Waals surface area contributed by atoms with Crippen LogP contribution in [0.2, 0.25) is 10.3 Å². The zero-order valence-electron chi connectivity index (χ0n) is 9.58. The monoisotopic (exact) mass is 265 g/mol. The first-order chi connectivity index (χ1) is 8.16. The predicted molar refractivity (Wildman–Crippen MR) is 72.8 cm³/mol. The van der Waals surface area contributed by atoms with Gasteiger partial charge in [-0.15, -0.1) is 0 Å². The molecule has 1 aromatic heterocycles. The largest absolute Gasteiger partial charge is 0.224 e. The van der Waals surface area contributed by atoms with Crippen molar-refractivity contribution in [3.05, 3.63) is 63.4 Å². The van der Waals surface area contributed by atoms with Crippen LogP contribution in [0.25, 0.3) is 0 Å². The van der Waals surface area contributed by atoms with Crippen molar-refractivity contribution in [2.24, 2.45) is 0 Å². The summed E-state index contributed by atoms with van der Waals surface area (Å²) >= 11 is 12.0. The normalized spacial score (nSPS) is 10.5. The van der Waals surface area contributed by atoms with Crippen LogP contribution in [0.15, 0.2) is 36.4 Å². The van der Waals surface area contributed by atoms with Crippen LogP contribution in [0.1, 0.15) is 16.7 Å². The summed E-state index contributed by atoms with van der Waals surface area (Å²) in [6.07, 6.45) is 1.84. The van der Waals surface area contributed by atoms with Crippen LogP contribution in [-0.2, 0) is 12.8 Å². The van der Waals surface area contributed by atoms with E-state index in [-0.39, 0.29) is 0 Å². The van der Waals surface area contributed by atoms with Gasteiger partial charge in [0.2, 0.25) is 0 Å². The number of rotatable bonds is 3. The molecular formula is C14H13Cl2N. The van der Waals surface area contributed by atoms with E-state index in [4.69, 9.17) is 23.2 Å². The Morgan fingerprint density at radius 3 is 2.41 bits per heavy atom. The Morgan fingerprint density at radius 2 is 1.71 bits per heavy atom. The molecule has 0 unspecified atom stereocenters. The van der Waals surface area contributed by atoms with E-state index >= 15 is 0 Å². The van der Waals surface area contributed by atoms with Crippen molar-refractivity contribution in [2.45, 2.75) is 19.8 Å². The first-order valence-electron chi connectivity index (χ1n) is 5.52. The van der Waals surface area contributed by atoms with Gasteiger partial charge in [-0.1, -0.05) is 53.5 Å². The quantitative estimate of drug-likeness (QED) is 0.746. The van der Waals surface area contributed by atoms with Crippen molar-refractivity contribution < 1.29 is 0 Å². The van der Waals surface area contributed by atoms with Gasteiger partial charge in [0.1, 0.15) is 10.3 Å². The SMILES string of the molecule is Cc1cc(CCc2ccccc2)c(Cl)nc1Cl. The number of benzene rings is 1. The summed E-state index contributed by atoms with van der Waals surface area (Å²) in [5.74, 6) is 0. The predicted octanol–water partition coefficient (Wildman–Crippen LogP) is 4.48. The minimum atomic E-state index is 0.485. The van der Waals surface area contributed by atoms with Crippen molar-refractivity contribution in [3.63, 3.8) is 0 Å². The molecule has 0 aliphatic carbocycles. The summed E-state index contributed by atoms with van der Waals surface area (Å²) in [5, 5.41) is 0.995. The van der Waals surface area contributed by atoms with Gasteiger partial charge in [0, 0.05) is 0 Å². The highest BCUT2D eigenvalue weighted by Gasteiger charge is 2.06. The molecule has 17 heavy (non-hydrogen) atoms. The molecule has 88 valence electrons. The lowest BCUT2D eigenvalue weighted by Crippen LogP contribution is -1.95. The summed E-state index contributed by atoms with van der Waals surface area (Å²) < 4.78 is 0. The van der Waals surface area contributed by atoms with Gasteiger partial charge in [-0.05, 0) is 42.5 Å². The highest BCUT2D eigenvalue weighted by molar-refractivity contribution is 6.33. The maximum atomic E-state index is 6.07. The average Bonchev–Trinajstić information content (AvgIpc) is 2.33. The first kappa shape index (κ1) is 12.4. The van der Waals surface area contributed by atoms with Crippen molar-refractivity contribution in [1.29, 1.82) is 0 Å². The van der Waals surface area contributed by atoms with Gasteiger partial charge in [0.25, 0.3) is 0 Å². The second-order valence-electron chi connectivity index (χ2n) is 4.03. The van der Waals surface area contributed by atoms with E-state index in [1.165, 1.54) is 5.56 Å². The van der Waals surface area contributed by atoms with E-state index in [9.17, 15) is 0 Å². The molecule has 3 heteroatoms. The highest BCUT2D eigenvalue weighted by Crippen LogP contribution is 2.22. The summed E-state index contributed by atoms with van der Waals surface area (Å²) in [7, 11) is 0. The van der Waals surface area contributed by atoms with Gasteiger partial charge in [-0.2, -0.15) is 0 Å². The second-order valence-corrected chi connectivity index (χ2v) is 4.75. The molecule has 0 spiro atoms. The molecule has 0 bridgehead atoms. The van der Waals surface area contributed by atoms with Crippen molar-refractivity contribution in [3.8, 4) is 0 Å². The molecule has 0 saturated heterocycles. The lowest BCUT2D eigenvalue weighted by atomic mass is 10.1. The molecule has 2 aromatic rings. The van der Waals surface area contributed by atoms with E-state index in [0.29, 0.717) is 10.3 Å². The molecule has 0 radical (unpaired) electrons. The molecule has 0 aliphatic heterocycles. The van der Waals surface area contributed by atoms with Crippen molar-refractivity contribution in [2.75, 3.05) is 0 Å². The minimum Gasteiger partial charge on any atom is -0.224 e. The number of aryl methyl sites for hydroxylation is 3. The number of nitrogens with zero attached hydrogens (tertiary/aromatic N) is 1. The fourth-order valence-corrected chi connectivity index (χ4v) is 2.14. The molecule has 0 atom stereocenters. The number of aromatic nitrogens is 1. The third-order valence-electron chi connectivity index (χ3n) is 2.70. The van der Waals surface area contributed by atoms with Gasteiger partial charge in [0.05, 0.1) is 0 Å². The van der Waals surface area contributed by atoms with E-state index in [1.54, 1.807) is 0 Å². The lowest BCUT2D eigenvalue weighted by Gasteiger charge is -2.06. The summed E-state index contributed by atoms with van der Waals surface area (Å²) in [5.41, 5.74) is 3.33. The zero-order chi connectivity index (χ0) is 12.3. The van der Waals surface area contributed by atoms with E-state index in [0.717, 1.165) is 24.0 Å². The van der Waals surface area contributed by atoms with Crippen LogP contribution in [0.5, 0.6) is 0 Å². The Morgan fingerprint density at radius 1 is 1.00 bits per heavy atom. The number of pyridine rings is 1. The van der Waals surface area contributed by atoms with Crippen molar-refractivity contribution in [1.82, 2.24) is 4.98 Å². The molecule has 0 aliphatic rings. The second kappa shape index (κ2) is 5.52. The Balaban J connectivity index is 2.12. The molecule has 1 nitrogen and oxygen atoms in total. The lowest BCUT2D eigenvalue weighted by molar-refractivity contribution is 0.947. The molecule has 1 heterocycles. The van der Waals surface area contributed by atoms with Crippen LogP contribution in [-0.4, -0.2) is 4.98 Å². The average molecular weight is 266 g/mol. The standard InChI is InChI=1S/C14H13Cl2N/c1-10-9-12(14(16)17-13(10)15)8-7-11-5-3-2-4-6-11/h2-6,9H,7-8H2,1H3. The number of hydrogen-bond acceptors (Lipinski definition) is 1. The number of halogens is 2. The van der Waals surface area contributed by atoms with Crippen LogP contribution in [0, 0.1) is 6.92 Å². The molecule has 1 aromatic carbocycles. The molecule has 0 fully saturated rings. The topological polar surface area (TPSA) is 12.9 Å². The fourth-order valence-electron chi connectivity index (χ4n) is 1.73. The first-order valence-corrected chi connectivity index (χ1v) is 6.28. The minimum absolute atomic E-state index is 0.485. The van der Waals surface area contributed by atoms with Crippen LogP contribution in [0.3, 0.4) is 0 Å². The Labute approximate surface area is 111 Å². The third kappa shape index (κ3) is 3.21. The van der Waals surface area contributed by atoms with Crippen LogP contribution < -0.4 is 0 Å². The summed E-state index contributed by atoms with van der Waals surface area (Å²) in [6.45, 7) is 1.94.